The van der Waals surface area contributed by atoms with Crippen LogP contribution in [0, 0.1) is 6.92 Å². The van der Waals surface area contributed by atoms with E-state index in [2.05, 4.69) is 10.1 Å². The van der Waals surface area contributed by atoms with Crippen molar-refractivity contribution in [3.63, 3.8) is 0 Å². The molecule has 0 N–H and O–H groups in total. The van der Waals surface area contributed by atoms with Crippen LogP contribution in [0.25, 0.3) is 10.9 Å². The number of fused-ring (bicyclic) bond motifs is 1. The number of aryl methyl sites for hydroxylation is 1. The van der Waals surface area contributed by atoms with Crippen LogP contribution in [0.3, 0.4) is 0 Å². The third kappa shape index (κ3) is 3.11. The Morgan fingerprint density at radius 1 is 1.04 bits per heavy atom. The summed E-state index contributed by atoms with van der Waals surface area (Å²) in [4.78, 5) is 17.1. The molecule has 0 aliphatic heterocycles. The van der Waals surface area contributed by atoms with Crippen molar-refractivity contribution in [2.24, 2.45) is 5.10 Å². The molecule has 0 saturated carbocycles. The van der Waals surface area contributed by atoms with Crippen molar-refractivity contribution in [3.8, 4) is 17.2 Å². The number of benzene rings is 2. The quantitative estimate of drug-likeness (QED) is 0.659. The molecule has 1 aromatic heterocycles. The number of nitrogens with zero attached hydrogens (tertiary/aromatic N) is 3. The fraction of sp³-hybridized carbons (Fsp3) is 0.211. The zero-order chi connectivity index (χ0) is 18.7. The Kier molecular flexibility index (Phi) is 4.88. The molecule has 0 unspecified atom stereocenters. The fourth-order valence-electron chi connectivity index (χ4n) is 2.67. The lowest BCUT2D eigenvalue weighted by atomic mass is 10.2. The lowest BCUT2D eigenvalue weighted by Crippen LogP contribution is -2.20. The summed E-state index contributed by atoms with van der Waals surface area (Å²) in [6, 6.07) is 10.7. The third-order valence-electron chi connectivity index (χ3n) is 3.92. The van der Waals surface area contributed by atoms with E-state index in [1.165, 1.54) is 11.8 Å². The van der Waals surface area contributed by atoms with Crippen molar-refractivity contribution in [2.75, 3.05) is 21.3 Å². The molecule has 0 aliphatic carbocycles. The van der Waals surface area contributed by atoms with Crippen LogP contribution in [0.1, 0.15) is 11.4 Å². The highest BCUT2D eigenvalue weighted by Gasteiger charge is 2.12. The van der Waals surface area contributed by atoms with Crippen LogP contribution >= 0.6 is 0 Å². The van der Waals surface area contributed by atoms with Gasteiger partial charge in [0, 0.05) is 5.56 Å². The first-order valence-corrected chi connectivity index (χ1v) is 7.91. The predicted octanol–water partition coefficient (Wildman–Crippen LogP) is 2.61. The van der Waals surface area contributed by atoms with E-state index in [0.717, 1.165) is 0 Å². The summed E-state index contributed by atoms with van der Waals surface area (Å²) in [7, 11) is 4.62. The molecule has 3 rings (SSSR count). The average Bonchev–Trinajstić information content (AvgIpc) is 2.66. The first-order valence-electron chi connectivity index (χ1n) is 7.91. The van der Waals surface area contributed by atoms with Crippen LogP contribution in [0.5, 0.6) is 17.2 Å². The minimum Gasteiger partial charge on any atom is -0.493 e. The first-order chi connectivity index (χ1) is 12.6. The molecule has 0 bridgehead atoms. The number of rotatable bonds is 5. The number of hydrogen-bond donors (Lipinski definition) is 0. The summed E-state index contributed by atoms with van der Waals surface area (Å²) in [6.07, 6.45) is 1.55. The third-order valence-corrected chi connectivity index (χ3v) is 3.92. The maximum atomic E-state index is 12.7. The first kappa shape index (κ1) is 17.5. The van der Waals surface area contributed by atoms with E-state index in [9.17, 15) is 4.79 Å². The second kappa shape index (κ2) is 7.26. The summed E-state index contributed by atoms with van der Waals surface area (Å²) < 4.78 is 17.2. The molecule has 0 fully saturated rings. The Morgan fingerprint density at radius 2 is 1.69 bits per heavy atom. The summed E-state index contributed by atoms with van der Waals surface area (Å²) in [5.41, 5.74) is 1.12. The van der Waals surface area contributed by atoms with Gasteiger partial charge in [-0.2, -0.15) is 9.78 Å². The van der Waals surface area contributed by atoms with Crippen LogP contribution in [-0.4, -0.2) is 37.2 Å². The summed E-state index contributed by atoms with van der Waals surface area (Å²) in [6.45, 7) is 1.74. The smallest absolute Gasteiger partial charge is 0.282 e. The van der Waals surface area contributed by atoms with Gasteiger partial charge in [0.1, 0.15) is 5.82 Å². The molecule has 1 heterocycles. The monoisotopic (exact) mass is 353 g/mol. The summed E-state index contributed by atoms with van der Waals surface area (Å²) in [5, 5.41) is 4.81. The molecule has 0 radical (unpaired) electrons. The molecule has 2 aromatic carbocycles. The normalized spacial score (nSPS) is 11.1. The zero-order valence-electron chi connectivity index (χ0n) is 15.0. The van der Waals surface area contributed by atoms with Gasteiger partial charge in [0.05, 0.1) is 38.4 Å². The van der Waals surface area contributed by atoms with E-state index in [1.54, 1.807) is 57.7 Å². The van der Waals surface area contributed by atoms with Gasteiger partial charge in [-0.1, -0.05) is 12.1 Å². The molecule has 0 saturated heterocycles. The van der Waals surface area contributed by atoms with Gasteiger partial charge >= 0.3 is 0 Å². The average molecular weight is 353 g/mol. The van der Waals surface area contributed by atoms with Crippen LogP contribution < -0.4 is 19.8 Å². The van der Waals surface area contributed by atoms with Crippen LogP contribution in [-0.2, 0) is 0 Å². The van der Waals surface area contributed by atoms with Gasteiger partial charge < -0.3 is 14.2 Å². The highest BCUT2D eigenvalue weighted by Crippen LogP contribution is 2.37. The van der Waals surface area contributed by atoms with E-state index in [0.29, 0.717) is 39.5 Å². The Labute approximate surface area is 150 Å². The number of ether oxygens (including phenoxy) is 3. The largest absolute Gasteiger partial charge is 0.493 e. The molecular weight excluding hydrogens is 334 g/mol. The van der Waals surface area contributed by atoms with Crippen molar-refractivity contribution in [2.45, 2.75) is 6.92 Å². The molecule has 0 aliphatic rings. The number of para-hydroxylation sites is 1. The Hall–Kier alpha value is -3.35. The van der Waals surface area contributed by atoms with Crippen molar-refractivity contribution in [1.82, 2.24) is 9.66 Å². The molecule has 0 atom stereocenters. The van der Waals surface area contributed by atoms with Gasteiger partial charge in [0.15, 0.2) is 11.5 Å². The summed E-state index contributed by atoms with van der Waals surface area (Å²) in [5.74, 6) is 2.01. The second-order valence-electron chi connectivity index (χ2n) is 5.50. The minimum absolute atomic E-state index is 0.225. The number of aromatic nitrogens is 2. The van der Waals surface area contributed by atoms with Gasteiger partial charge in [-0.15, -0.1) is 0 Å². The van der Waals surface area contributed by atoms with Crippen LogP contribution in [0.2, 0.25) is 0 Å². The molecule has 7 nitrogen and oxygen atoms in total. The topological polar surface area (TPSA) is 74.9 Å². The molecule has 0 amide bonds. The van der Waals surface area contributed by atoms with Gasteiger partial charge in [-0.3, -0.25) is 4.79 Å². The molecule has 134 valence electrons. The highest BCUT2D eigenvalue weighted by atomic mass is 16.5. The maximum absolute atomic E-state index is 12.7. The van der Waals surface area contributed by atoms with Crippen molar-refractivity contribution < 1.29 is 14.2 Å². The molecule has 26 heavy (non-hydrogen) atoms. The molecule has 0 spiro atoms. The highest BCUT2D eigenvalue weighted by molar-refractivity contribution is 5.83. The van der Waals surface area contributed by atoms with Gasteiger partial charge in [-0.25, -0.2) is 4.98 Å². The number of methoxy groups -OCH3 is 3. The lowest BCUT2D eigenvalue weighted by Gasteiger charge is -2.12. The lowest BCUT2D eigenvalue weighted by molar-refractivity contribution is 0.324. The maximum Gasteiger partial charge on any atom is 0.282 e. The van der Waals surface area contributed by atoms with Crippen molar-refractivity contribution >= 4 is 17.1 Å². The van der Waals surface area contributed by atoms with Crippen molar-refractivity contribution in [1.29, 1.82) is 0 Å². The Balaban J connectivity index is 2.08. The molecule has 7 heteroatoms. The van der Waals surface area contributed by atoms with Crippen molar-refractivity contribution in [3.05, 3.63) is 58.1 Å². The van der Waals surface area contributed by atoms with Crippen LogP contribution in [0.15, 0.2) is 46.3 Å². The SMILES string of the molecule is COc1cc(C=Nn2c(C)nc3ccccc3c2=O)cc(OC)c1OC. The van der Waals surface area contributed by atoms with Gasteiger partial charge in [-0.05, 0) is 31.2 Å². The fourth-order valence-corrected chi connectivity index (χ4v) is 2.67. The number of hydrogen-bond acceptors (Lipinski definition) is 6. The Bertz CT molecular complexity index is 1020. The Morgan fingerprint density at radius 3 is 2.31 bits per heavy atom. The minimum atomic E-state index is -0.225. The summed E-state index contributed by atoms with van der Waals surface area (Å²) >= 11 is 0. The zero-order valence-corrected chi connectivity index (χ0v) is 15.0. The predicted molar refractivity (Wildman–Crippen MR) is 99.8 cm³/mol. The van der Waals surface area contributed by atoms with Gasteiger partial charge in [0.25, 0.3) is 5.56 Å². The van der Waals surface area contributed by atoms with Gasteiger partial charge in [0.2, 0.25) is 5.75 Å². The van der Waals surface area contributed by atoms with Crippen LogP contribution in [0.4, 0.5) is 0 Å². The molecular formula is C19H19N3O4. The van der Waals surface area contributed by atoms with E-state index < -0.39 is 0 Å². The van der Waals surface area contributed by atoms with E-state index >= 15 is 0 Å². The van der Waals surface area contributed by atoms with E-state index in [4.69, 9.17) is 14.2 Å². The second-order valence-corrected chi connectivity index (χ2v) is 5.50. The molecule has 3 aromatic rings. The standard InChI is InChI=1S/C19H19N3O4/c1-12-21-15-8-6-5-7-14(15)19(23)22(12)20-11-13-9-16(24-2)18(26-4)17(10-13)25-3/h5-11H,1-4H3. The van der Waals surface area contributed by atoms with E-state index in [1.807, 2.05) is 6.07 Å². The van der Waals surface area contributed by atoms with E-state index in [-0.39, 0.29) is 5.56 Å².